The zero-order chi connectivity index (χ0) is 18.4. The van der Waals surface area contributed by atoms with Gasteiger partial charge in [0.25, 0.3) is 0 Å². The molecule has 4 aromatic rings. The molecule has 26 heavy (non-hydrogen) atoms. The molecule has 3 aromatic carbocycles. The normalized spacial score (nSPS) is 11.2. The number of hydrogen-bond donors (Lipinski definition) is 0. The standard InChI is InChI=1S/C21H14N2O.C2H6/c1-11-5-14-6-12(2)8-16-19(14)15(7-11)20-21(16)23-18-9-13(10-24)3-4-17(18)22-20;1-2/h3-10H,1-2H3;1-2H3. The summed E-state index contributed by atoms with van der Waals surface area (Å²) in [6, 6.07) is 14.3. The van der Waals surface area contributed by atoms with Gasteiger partial charge in [0.1, 0.15) is 6.29 Å². The maximum atomic E-state index is 11.1. The predicted molar refractivity (Wildman–Crippen MR) is 108 cm³/mol. The lowest BCUT2D eigenvalue weighted by molar-refractivity contribution is 0.112. The first-order chi connectivity index (χ1) is 12.6. The summed E-state index contributed by atoms with van der Waals surface area (Å²) >= 11 is 0. The summed E-state index contributed by atoms with van der Waals surface area (Å²) in [6.45, 7) is 8.22. The first-order valence-corrected chi connectivity index (χ1v) is 8.97. The number of aromatic nitrogens is 2. The summed E-state index contributed by atoms with van der Waals surface area (Å²) in [5.41, 5.74) is 8.79. The Bertz CT molecular complexity index is 1190. The molecule has 0 fully saturated rings. The van der Waals surface area contributed by atoms with Crippen molar-refractivity contribution in [2.24, 2.45) is 0 Å². The number of aryl methyl sites for hydroxylation is 2. The van der Waals surface area contributed by atoms with Crippen molar-refractivity contribution in [1.82, 2.24) is 9.97 Å². The quantitative estimate of drug-likeness (QED) is 0.358. The van der Waals surface area contributed by atoms with Crippen molar-refractivity contribution in [3.63, 3.8) is 0 Å². The van der Waals surface area contributed by atoms with Gasteiger partial charge in [0.05, 0.1) is 22.4 Å². The van der Waals surface area contributed by atoms with Crippen LogP contribution in [0.15, 0.2) is 42.5 Å². The molecule has 0 saturated carbocycles. The largest absolute Gasteiger partial charge is 0.298 e. The van der Waals surface area contributed by atoms with Gasteiger partial charge in [-0.3, -0.25) is 4.79 Å². The van der Waals surface area contributed by atoms with Crippen molar-refractivity contribution < 1.29 is 4.79 Å². The molecule has 0 N–H and O–H groups in total. The molecule has 3 heteroatoms. The van der Waals surface area contributed by atoms with Gasteiger partial charge in [-0.15, -0.1) is 0 Å². The van der Waals surface area contributed by atoms with E-state index < -0.39 is 0 Å². The molecule has 0 bridgehead atoms. The first-order valence-electron chi connectivity index (χ1n) is 8.97. The number of benzene rings is 3. The number of rotatable bonds is 1. The van der Waals surface area contributed by atoms with Crippen molar-refractivity contribution in [2.75, 3.05) is 0 Å². The average Bonchev–Trinajstić information content (AvgIpc) is 2.94. The van der Waals surface area contributed by atoms with Crippen LogP contribution in [0.3, 0.4) is 0 Å². The lowest BCUT2D eigenvalue weighted by Gasteiger charge is -2.05. The molecule has 0 unspecified atom stereocenters. The molecule has 0 atom stereocenters. The molecule has 1 aliphatic rings. The number of aldehydes is 1. The average molecular weight is 340 g/mol. The van der Waals surface area contributed by atoms with E-state index in [2.05, 4.69) is 38.1 Å². The Hall–Kier alpha value is -3.07. The summed E-state index contributed by atoms with van der Waals surface area (Å²) in [5, 5.41) is 2.46. The van der Waals surface area contributed by atoms with Crippen LogP contribution in [0.1, 0.15) is 35.3 Å². The van der Waals surface area contributed by atoms with Crippen molar-refractivity contribution in [3.8, 4) is 22.5 Å². The number of nitrogens with zero attached hydrogens (tertiary/aromatic N) is 2. The third-order valence-electron chi connectivity index (χ3n) is 4.67. The fraction of sp³-hybridized carbons (Fsp3) is 0.174. The summed E-state index contributed by atoms with van der Waals surface area (Å²) in [6.07, 6.45) is 0.845. The van der Waals surface area contributed by atoms with Gasteiger partial charge in [0.2, 0.25) is 0 Å². The van der Waals surface area contributed by atoms with E-state index in [1.54, 1.807) is 12.1 Å². The molecule has 5 rings (SSSR count). The van der Waals surface area contributed by atoms with Crippen LogP contribution in [0.2, 0.25) is 0 Å². The number of carbonyl (C=O) groups excluding carboxylic acids is 1. The third kappa shape index (κ3) is 2.31. The van der Waals surface area contributed by atoms with Gasteiger partial charge in [-0.25, -0.2) is 9.97 Å². The maximum Gasteiger partial charge on any atom is 0.150 e. The van der Waals surface area contributed by atoms with Crippen LogP contribution in [-0.4, -0.2) is 16.3 Å². The Morgan fingerprint density at radius 1 is 0.769 bits per heavy atom. The Morgan fingerprint density at radius 2 is 1.35 bits per heavy atom. The molecule has 0 radical (unpaired) electrons. The monoisotopic (exact) mass is 340 g/mol. The molecule has 1 aliphatic carbocycles. The van der Waals surface area contributed by atoms with E-state index in [-0.39, 0.29) is 0 Å². The van der Waals surface area contributed by atoms with Crippen LogP contribution < -0.4 is 0 Å². The van der Waals surface area contributed by atoms with E-state index in [1.165, 1.54) is 21.9 Å². The van der Waals surface area contributed by atoms with Crippen LogP contribution in [0, 0.1) is 13.8 Å². The summed E-state index contributed by atoms with van der Waals surface area (Å²) in [5.74, 6) is 0. The second-order valence-electron chi connectivity index (χ2n) is 6.51. The zero-order valence-corrected chi connectivity index (χ0v) is 15.4. The second kappa shape index (κ2) is 6.03. The minimum absolute atomic E-state index is 0.623. The molecular formula is C23H20N2O. The Labute approximate surface area is 152 Å². The molecule has 0 saturated heterocycles. The highest BCUT2D eigenvalue weighted by atomic mass is 16.1. The van der Waals surface area contributed by atoms with Crippen molar-refractivity contribution in [3.05, 3.63) is 59.2 Å². The highest BCUT2D eigenvalue weighted by Crippen LogP contribution is 2.46. The highest BCUT2D eigenvalue weighted by molar-refractivity contribution is 6.14. The van der Waals surface area contributed by atoms with Crippen LogP contribution in [-0.2, 0) is 0 Å². The van der Waals surface area contributed by atoms with Crippen molar-refractivity contribution in [1.29, 1.82) is 0 Å². The molecule has 0 spiro atoms. The van der Waals surface area contributed by atoms with Gasteiger partial charge in [0, 0.05) is 22.1 Å². The highest BCUT2D eigenvalue weighted by Gasteiger charge is 2.25. The van der Waals surface area contributed by atoms with Crippen LogP contribution >= 0.6 is 0 Å². The Morgan fingerprint density at radius 3 is 1.92 bits per heavy atom. The van der Waals surface area contributed by atoms with E-state index in [0.29, 0.717) is 5.56 Å². The van der Waals surface area contributed by atoms with Crippen LogP contribution in [0.5, 0.6) is 0 Å². The summed E-state index contributed by atoms with van der Waals surface area (Å²) < 4.78 is 0. The van der Waals surface area contributed by atoms with Gasteiger partial charge >= 0.3 is 0 Å². The zero-order valence-electron chi connectivity index (χ0n) is 15.4. The molecule has 3 nitrogen and oxygen atoms in total. The molecule has 128 valence electrons. The fourth-order valence-corrected chi connectivity index (χ4v) is 3.71. The van der Waals surface area contributed by atoms with Gasteiger partial charge in [-0.05, 0) is 60.7 Å². The van der Waals surface area contributed by atoms with E-state index in [1.807, 2.05) is 19.9 Å². The fourth-order valence-electron chi connectivity index (χ4n) is 3.71. The lowest BCUT2D eigenvalue weighted by Crippen LogP contribution is -1.92. The van der Waals surface area contributed by atoms with Gasteiger partial charge in [-0.2, -0.15) is 0 Å². The molecule has 0 aliphatic heterocycles. The third-order valence-corrected chi connectivity index (χ3v) is 4.67. The van der Waals surface area contributed by atoms with Crippen molar-refractivity contribution in [2.45, 2.75) is 27.7 Å². The molecule has 1 aromatic heterocycles. The SMILES string of the molecule is CC.Cc1cc2c3c(cc(C)cc3c1)-c1nc3cc(C=O)ccc3nc1-2. The molecular weight excluding hydrogens is 320 g/mol. The number of carbonyl (C=O) groups is 1. The summed E-state index contributed by atoms with van der Waals surface area (Å²) in [7, 11) is 0. The Balaban J connectivity index is 0.000000814. The lowest BCUT2D eigenvalue weighted by atomic mass is 9.99. The topological polar surface area (TPSA) is 42.9 Å². The van der Waals surface area contributed by atoms with Gasteiger partial charge < -0.3 is 0 Å². The minimum atomic E-state index is 0.623. The first kappa shape index (κ1) is 16.4. The Kier molecular flexibility index (Phi) is 3.80. The second-order valence-corrected chi connectivity index (χ2v) is 6.51. The van der Waals surface area contributed by atoms with Crippen LogP contribution in [0.4, 0.5) is 0 Å². The maximum absolute atomic E-state index is 11.1. The van der Waals surface area contributed by atoms with E-state index >= 15 is 0 Å². The van der Waals surface area contributed by atoms with Crippen molar-refractivity contribution >= 4 is 28.1 Å². The van der Waals surface area contributed by atoms with E-state index in [4.69, 9.17) is 9.97 Å². The van der Waals surface area contributed by atoms with Crippen LogP contribution in [0.25, 0.3) is 44.3 Å². The van der Waals surface area contributed by atoms with E-state index in [9.17, 15) is 4.79 Å². The van der Waals surface area contributed by atoms with Gasteiger partial charge in [-0.1, -0.05) is 26.0 Å². The van der Waals surface area contributed by atoms with E-state index in [0.717, 1.165) is 39.8 Å². The molecule has 0 amide bonds. The van der Waals surface area contributed by atoms with Gasteiger partial charge in [0.15, 0.2) is 0 Å². The number of fused-ring (bicyclic) bond motifs is 4. The smallest absolute Gasteiger partial charge is 0.150 e. The molecule has 1 heterocycles. The number of hydrogen-bond acceptors (Lipinski definition) is 3. The predicted octanol–water partition coefficient (Wildman–Crippen LogP) is 5.89. The summed E-state index contributed by atoms with van der Waals surface area (Å²) in [4.78, 5) is 20.8. The minimum Gasteiger partial charge on any atom is -0.298 e.